The van der Waals surface area contributed by atoms with Gasteiger partial charge in [-0.15, -0.1) is 5.10 Å². The molecule has 0 unspecified atom stereocenters. The smallest absolute Gasteiger partial charge is 0.275 e. The van der Waals surface area contributed by atoms with E-state index < -0.39 is 5.91 Å². The van der Waals surface area contributed by atoms with Crippen LogP contribution in [0.5, 0.6) is 0 Å². The normalized spacial score (nSPS) is 15.5. The molecule has 12 heteroatoms. The van der Waals surface area contributed by atoms with Crippen LogP contribution in [0.25, 0.3) is 22.6 Å². The lowest BCUT2D eigenvalue weighted by Gasteiger charge is -2.31. The highest BCUT2D eigenvalue weighted by Gasteiger charge is 2.24. The first-order valence-corrected chi connectivity index (χ1v) is 11.7. The molecule has 1 aliphatic rings. The third-order valence-corrected chi connectivity index (χ3v) is 6.19. The molecule has 0 aliphatic carbocycles. The predicted octanol–water partition coefficient (Wildman–Crippen LogP) is 3.38. The molecule has 36 heavy (non-hydrogen) atoms. The molecule has 11 nitrogen and oxygen atoms in total. The minimum atomic E-state index is -0.408. The van der Waals surface area contributed by atoms with Crippen LogP contribution in [0, 0.1) is 0 Å². The summed E-state index contributed by atoms with van der Waals surface area (Å²) in [6.45, 7) is 4.85. The van der Waals surface area contributed by atoms with Crippen molar-refractivity contribution in [1.82, 2.24) is 40.1 Å². The Morgan fingerprint density at radius 2 is 2.08 bits per heavy atom. The second-order valence-electron chi connectivity index (χ2n) is 8.26. The molecule has 182 valence electrons. The molecule has 5 rings (SSSR count). The number of halogens is 1. The number of hydrogen-bond acceptors (Lipinski definition) is 7. The molecule has 0 aromatic carbocycles. The molecule has 2 amide bonds. The van der Waals surface area contributed by atoms with Crippen molar-refractivity contribution in [2.45, 2.75) is 18.9 Å². The number of carbonyl (C=O) groups is 2. The molecule has 4 aromatic heterocycles. The number of rotatable bonds is 6. The summed E-state index contributed by atoms with van der Waals surface area (Å²) in [6.07, 6.45) is 8.08. The standard InChI is InChI=1S/C24H22ClN9O2/c1-2-22(35)33-10-4-5-16(13-33)34-14-20(30-32-34)15-8-9-21(26-11-15)29-24(36)19-7-3-6-18(28-19)23-17(25)12-27-31-23/h2-3,6-9,11-12,14,16H,1,4-5,10,13H2,(H,27,31)(H,26,29,36)/t16-/m0/s1. The van der Waals surface area contributed by atoms with Gasteiger partial charge in [0.05, 0.1) is 29.2 Å². The van der Waals surface area contributed by atoms with Crippen LogP contribution >= 0.6 is 11.6 Å². The van der Waals surface area contributed by atoms with Crippen molar-refractivity contribution in [2.24, 2.45) is 0 Å². The highest BCUT2D eigenvalue weighted by Crippen LogP contribution is 2.25. The van der Waals surface area contributed by atoms with Crippen LogP contribution in [-0.2, 0) is 4.79 Å². The summed E-state index contributed by atoms with van der Waals surface area (Å²) in [7, 11) is 0. The van der Waals surface area contributed by atoms with Crippen molar-refractivity contribution in [1.29, 1.82) is 0 Å². The van der Waals surface area contributed by atoms with Crippen molar-refractivity contribution in [3.63, 3.8) is 0 Å². The number of hydrogen-bond donors (Lipinski definition) is 2. The lowest BCUT2D eigenvalue weighted by Crippen LogP contribution is -2.40. The van der Waals surface area contributed by atoms with E-state index in [4.69, 9.17) is 11.6 Å². The van der Waals surface area contributed by atoms with Gasteiger partial charge in [-0.2, -0.15) is 5.10 Å². The van der Waals surface area contributed by atoms with Gasteiger partial charge in [0, 0.05) is 24.8 Å². The largest absolute Gasteiger partial charge is 0.337 e. The Bertz CT molecular complexity index is 1410. The quantitative estimate of drug-likeness (QED) is 0.385. The Hall–Kier alpha value is -4.38. The average molecular weight is 504 g/mol. The molecule has 0 saturated carbocycles. The first-order valence-electron chi connectivity index (χ1n) is 11.3. The van der Waals surface area contributed by atoms with Gasteiger partial charge in [0.2, 0.25) is 5.91 Å². The van der Waals surface area contributed by atoms with Crippen molar-refractivity contribution < 1.29 is 9.59 Å². The number of carbonyl (C=O) groups excluding carboxylic acids is 2. The van der Waals surface area contributed by atoms with Crippen molar-refractivity contribution in [3.05, 3.63) is 72.3 Å². The van der Waals surface area contributed by atoms with Crippen LogP contribution in [0.3, 0.4) is 0 Å². The van der Waals surface area contributed by atoms with E-state index in [1.165, 1.54) is 12.3 Å². The number of aromatic amines is 1. The van der Waals surface area contributed by atoms with Gasteiger partial charge in [0.25, 0.3) is 5.91 Å². The number of piperidine rings is 1. The number of pyridine rings is 2. The average Bonchev–Trinajstić information content (AvgIpc) is 3.58. The van der Waals surface area contributed by atoms with Gasteiger partial charge in [0.15, 0.2) is 0 Å². The molecular formula is C24H22ClN9O2. The van der Waals surface area contributed by atoms with E-state index in [9.17, 15) is 9.59 Å². The zero-order valence-electron chi connectivity index (χ0n) is 19.1. The van der Waals surface area contributed by atoms with Crippen LogP contribution in [0.2, 0.25) is 5.02 Å². The van der Waals surface area contributed by atoms with E-state index in [0.29, 0.717) is 34.5 Å². The van der Waals surface area contributed by atoms with Gasteiger partial charge in [-0.25, -0.2) is 14.6 Å². The summed E-state index contributed by atoms with van der Waals surface area (Å²) >= 11 is 6.10. The summed E-state index contributed by atoms with van der Waals surface area (Å²) in [5, 5.41) is 18.3. The van der Waals surface area contributed by atoms with Crippen LogP contribution in [0.1, 0.15) is 29.4 Å². The third-order valence-electron chi connectivity index (χ3n) is 5.90. The second kappa shape index (κ2) is 10.1. The Labute approximate surface area is 211 Å². The van der Waals surface area contributed by atoms with Crippen molar-refractivity contribution in [3.8, 4) is 22.6 Å². The molecule has 1 aliphatic heterocycles. The first kappa shape index (κ1) is 23.4. The predicted molar refractivity (Wildman–Crippen MR) is 133 cm³/mol. The lowest BCUT2D eigenvalue weighted by molar-refractivity contribution is -0.127. The molecule has 1 fully saturated rings. The van der Waals surface area contributed by atoms with E-state index in [-0.39, 0.29) is 17.6 Å². The Balaban J connectivity index is 1.25. The molecule has 0 radical (unpaired) electrons. The maximum atomic E-state index is 12.7. The summed E-state index contributed by atoms with van der Waals surface area (Å²) < 4.78 is 1.79. The SMILES string of the molecule is C=CC(=O)N1CCC[C@H](n2cc(-c3ccc(NC(=O)c4cccc(-c5[nH]ncc5Cl)n4)nc3)nn2)C1. The number of likely N-dealkylation sites (tertiary alicyclic amines) is 1. The Morgan fingerprint density at radius 3 is 2.83 bits per heavy atom. The molecule has 0 spiro atoms. The van der Waals surface area contributed by atoms with Gasteiger partial charge in [-0.05, 0) is 43.2 Å². The molecule has 0 bridgehead atoms. The van der Waals surface area contributed by atoms with Crippen molar-refractivity contribution >= 4 is 29.2 Å². The maximum absolute atomic E-state index is 12.7. The molecular weight excluding hydrogens is 482 g/mol. The van der Waals surface area contributed by atoms with E-state index in [1.54, 1.807) is 46.1 Å². The van der Waals surface area contributed by atoms with Crippen LogP contribution in [0.4, 0.5) is 5.82 Å². The summed E-state index contributed by atoms with van der Waals surface area (Å²) in [6, 6.07) is 8.60. The minimum absolute atomic E-state index is 0.0512. The highest BCUT2D eigenvalue weighted by molar-refractivity contribution is 6.32. The molecule has 2 N–H and O–H groups in total. The van der Waals surface area contributed by atoms with E-state index >= 15 is 0 Å². The van der Waals surface area contributed by atoms with Gasteiger partial charge >= 0.3 is 0 Å². The van der Waals surface area contributed by atoms with Crippen LogP contribution < -0.4 is 5.32 Å². The van der Waals surface area contributed by atoms with Crippen LogP contribution in [0.15, 0.2) is 61.6 Å². The van der Waals surface area contributed by atoms with Gasteiger partial charge in [-0.3, -0.25) is 14.7 Å². The molecule has 5 heterocycles. The number of nitrogens with one attached hydrogen (secondary N) is 2. The Kier molecular flexibility index (Phi) is 6.54. The zero-order chi connectivity index (χ0) is 25.1. The zero-order valence-corrected chi connectivity index (χ0v) is 19.9. The molecule has 1 saturated heterocycles. The number of H-pyrrole nitrogens is 1. The number of amides is 2. The fraction of sp³-hybridized carbons (Fsp3) is 0.208. The maximum Gasteiger partial charge on any atom is 0.275 e. The molecule has 1 atom stereocenters. The van der Waals surface area contributed by atoms with Gasteiger partial charge in [-0.1, -0.05) is 29.5 Å². The van der Waals surface area contributed by atoms with Gasteiger partial charge in [0.1, 0.15) is 22.9 Å². The third kappa shape index (κ3) is 4.86. The monoisotopic (exact) mass is 503 g/mol. The second-order valence-corrected chi connectivity index (χ2v) is 8.66. The number of anilines is 1. The number of nitrogens with zero attached hydrogens (tertiary/aromatic N) is 7. The van der Waals surface area contributed by atoms with E-state index in [0.717, 1.165) is 24.9 Å². The summed E-state index contributed by atoms with van der Waals surface area (Å²) in [5.74, 6) is -0.114. The summed E-state index contributed by atoms with van der Waals surface area (Å²) in [4.78, 5) is 35.2. The van der Waals surface area contributed by atoms with Gasteiger partial charge < -0.3 is 10.2 Å². The lowest BCUT2D eigenvalue weighted by atomic mass is 10.1. The van der Waals surface area contributed by atoms with Crippen LogP contribution in [-0.4, -0.2) is 65.0 Å². The topological polar surface area (TPSA) is 135 Å². The number of aromatic nitrogens is 7. The fourth-order valence-electron chi connectivity index (χ4n) is 4.04. The fourth-order valence-corrected chi connectivity index (χ4v) is 4.23. The Morgan fingerprint density at radius 1 is 1.19 bits per heavy atom. The van der Waals surface area contributed by atoms with Crippen molar-refractivity contribution in [2.75, 3.05) is 18.4 Å². The molecule has 4 aromatic rings. The highest BCUT2D eigenvalue weighted by atomic mass is 35.5. The minimum Gasteiger partial charge on any atom is -0.337 e. The first-order chi connectivity index (χ1) is 17.5. The summed E-state index contributed by atoms with van der Waals surface area (Å²) in [5.41, 5.74) is 2.66. The van der Waals surface area contributed by atoms with E-state index in [2.05, 4.69) is 42.4 Å². The van der Waals surface area contributed by atoms with E-state index in [1.807, 2.05) is 6.20 Å².